The maximum Gasteiger partial charge on any atom is 0.338 e. The number of aliphatic imine (C=N–C) groups is 1. The molecule has 0 atom stereocenters. The third-order valence-corrected chi connectivity index (χ3v) is 1.78. The topological polar surface area (TPSA) is 90.9 Å². The van der Waals surface area contributed by atoms with Crippen LogP contribution in [-0.2, 0) is 10.0 Å². The van der Waals surface area contributed by atoms with Gasteiger partial charge in [-0.3, -0.25) is 10.3 Å². The molecular formula is C6H10N4O3S. The van der Waals surface area contributed by atoms with E-state index in [2.05, 4.69) is 4.99 Å². The molecule has 0 aromatic carbocycles. The van der Waals surface area contributed by atoms with Crippen LogP contribution in [0.25, 0.3) is 0 Å². The fraction of sp³-hybridized carbons (Fsp3) is 0.333. The lowest BCUT2D eigenvalue weighted by Crippen LogP contribution is -2.48. The van der Waals surface area contributed by atoms with Crippen molar-refractivity contribution < 1.29 is 13.2 Å². The van der Waals surface area contributed by atoms with E-state index in [1.165, 1.54) is 11.2 Å². The molecule has 1 aliphatic heterocycles. The van der Waals surface area contributed by atoms with Gasteiger partial charge in [0.2, 0.25) is 10.0 Å². The van der Waals surface area contributed by atoms with Gasteiger partial charge in [0.25, 0.3) is 0 Å². The van der Waals surface area contributed by atoms with E-state index < -0.39 is 16.1 Å². The van der Waals surface area contributed by atoms with Crippen molar-refractivity contribution in [1.29, 1.82) is 0 Å². The molecule has 7 nitrogen and oxygen atoms in total. The molecule has 0 spiro atoms. The predicted molar refractivity (Wildman–Crippen MR) is 50.8 cm³/mol. The largest absolute Gasteiger partial charge is 0.338 e. The Labute approximate surface area is 81.5 Å². The molecule has 0 bridgehead atoms. The summed E-state index contributed by atoms with van der Waals surface area (Å²) in [4.78, 5) is 18.0. The molecule has 2 N–H and O–H groups in total. The minimum absolute atomic E-state index is 0.362. The van der Waals surface area contributed by atoms with Gasteiger partial charge in [-0.25, -0.2) is 18.2 Å². The Morgan fingerprint density at radius 1 is 1.57 bits per heavy atom. The summed E-state index contributed by atoms with van der Waals surface area (Å²) in [5.74, 6) is 0. The van der Waals surface area contributed by atoms with Crippen LogP contribution in [0.5, 0.6) is 0 Å². The zero-order valence-corrected chi connectivity index (χ0v) is 8.28. The molecule has 8 heteroatoms. The third kappa shape index (κ3) is 3.54. The maximum absolute atomic E-state index is 11.2. The number of hydrogen-bond donors (Lipinski definition) is 2. The van der Waals surface area contributed by atoms with Crippen LogP contribution in [0.2, 0.25) is 0 Å². The average molecular weight is 218 g/mol. The van der Waals surface area contributed by atoms with Crippen LogP contribution in [0, 0.1) is 0 Å². The zero-order chi connectivity index (χ0) is 10.6. The molecule has 0 aromatic heterocycles. The Balaban J connectivity index is 2.43. The Kier molecular flexibility index (Phi) is 3.20. The highest BCUT2D eigenvalue weighted by Crippen LogP contribution is 1.92. The van der Waals surface area contributed by atoms with Crippen LogP contribution < -0.4 is 10.3 Å². The number of nitrogens with one attached hydrogen (secondary N) is 2. The van der Waals surface area contributed by atoms with E-state index >= 15 is 0 Å². The van der Waals surface area contributed by atoms with Crippen LogP contribution in [-0.4, -0.2) is 38.5 Å². The van der Waals surface area contributed by atoms with Crippen molar-refractivity contribution in [3.63, 3.8) is 0 Å². The minimum atomic E-state index is -3.43. The standard InChI is InChI=1S/C6H10N4O3S/c1-14(12,13)9-8-6(11)10-4-2-3-7-5-10/h2-3,5,9H,4H2,1H3,(H,8,11). The van der Waals surface area contributed by atoms with Gasteiger partial charge in [-0.1, -0.05) is 0 Å². The molecule has 1 rings (SSSR count). The summed E-state index contributed by atoms with van der Waals surface area (Å²) in [5, 5.41) is 0. The van der Waals surface area contributed by atoms with Crippen molar-refractivity contribution in [2.75, 3.05) is 12.8 Å². The first-order valence-electron chi connectivity index (χ1n) is 3.71. The number of amides is 2. The van der Waals surface area contributed by atoms with Crippen LogP contribution in [0.4, 0.5) is 4.79 Å². The van der Waals surface area contributed by atoms with Crippen LogP contribution in [0.1, 0.15) is 0 Å². The van der Waals surface area contributed by atoms with E-state index in [4.69, 9.17) is 0 Å². The molecule has 0 saturated heterocycles. The summed E-state index contributed by atoms with van der Waals surface area (Å²) < 4.78 is 21.3. The summed E-state index contributed by atoms with van der Waals surface area (Å²) >= 11 is 0. The number of urea groups is 1. The minimum Gasteiger partial charge on any atom is -0.280 e. The Morgan fingerprint density at radius 3 is 2.79 bits per heavy atom. The van der Waals surface area contributed by atoms with E-state index in [1.807, 2.05) is 10.3 Å². The smallest absolute Gasteiger partial charge is 0.280 e. The van der Waals surface area contributed by atoms with Gasteiger partial charge in [0.15, 0.2) is 0 Å². The van der Waals surface area contributed by atoms with Gasteiger partial charge < -0.3 is 0 Å². The molecule has 1 aliphatic rings. The SMILES string of the molecule is CS(=O)(=O)NNC(=O)N1C=NC=CC1. The molecule has 0 saturated carbocycles. The molecule has 0 unspecified atom stereocenters. The number of nitrogens with zero attached hydrogens (tertiary/aromatic N) is 2. The molecule has 0 aromatic rings. The summed E-state index contributed by atoms with van der Waals surface area (Å²) in [5.41, 5.74) is 2.02. The first-order valence-corrected chi connectivity index (χ1v) is 5.60. The lowest BCUT2D eigenvalue weighted by molar-refractivity contribution is 0.222. The first-order chi connectivity index (χ1) is 6.49. The highest BCUT2D eigenvalue weighted by Gasteiger charge is 2.12. The van der Waals surface area contributed by atoms with Crippen LogP contribution in [0.15, 0.2) is 17.3 Å². The molecule has 14 heavy (non-hydrogen) atoms. The van der Waals surface area contributed by atoms with Gasteiger partial charge >= 0.3 is 6.03 Å². The fourth-order valence-electron chi connectivity index (χ4n) is 0.731. The fourth-order valence-corrected chi connectivity index (χ4v) is 1.00. The zero-order valence-electron chi connectivity index (χ0n) is 7.47. The average Bonchev–Trinajstić information content (AvgIpc) is 2.14. The monoisotopic (exact) mass is 218 g/mol. The van der Waals surface area contributed by atoms with Gasteiger partial charge in [-0.15, -0.1) is 4.83 Å². The van der Waals surface area contributed by atoms with Crippen LogP contribution >= 0.6 is 0 Å². The maximum atomic E-state index is 11.2. The van der Waals surface area contributed by atoms with Crippen molar-refractivity contribution in [3.8, 4) is 0 Å². The van der Waals surface area contributed by atoms with E-state index in [1.54, 1.807) is 12.3 Å². The van der Waals surface area contributed by atoms with Gasteiger partial charge in [-0.05, 0) is 6.08 Å². The number of rotatable bonds is 2. The second-order valence-electron chi connectivity index (χ2n) is 2.61. The molecule has 0 fully saturated rings. The lowest BCUT2D eigenvalue weighted by Gasteiger charge is -2.17. The van der Waals surface area contributed by atoms with Gasteiger partial charge in [0.1, 0.15) is 0 Å². The number of sulfonamides is 1. The molecule has 0 radical (unpaired) electrons. The van der Waals surface area contributed by atoms with Crippen molar-refractivity contribution in [2.24, 2.45) is 4.99 Å². The third-order valence-electron chi connectivity index (χ3n) is 1.30. The molecule has 0 aliphatic carbocycles. The summed E-state index contributed by atoms with van der Waals surface area (Å²) in [6.45, 7) is 0.362. The second-order valence-corrected chi connectivity index (χ2v) is 4.35. The molecule has 1 heterocycles. The van der Waals surface area contributed by atoms with Crippen molar-refractivity contribution in [3.05, 3.63) is 12.3 Å². The number of carbonyl (C=O) groups excluding carboxylic acids is 1. The summed E-state index contributed by atoms with van der Waals surface area (Å²) in [6, 6.07) is -0.580. The van der Waals surface area contributed by atoms with Crippen molar-refractivity contribution >= 4 is 22.4 Å². The Morgan fingerprint density at radius 2 is 2.29 bits per heavy atom. The van der Waals surface area contributed by atoms with Crippen molar-refractivity contribution in [2.45, 2.75) is 0 Å². The first kappa shape index (κ1) is 10.7. The Hall–Kier alpha value is -1.41. The van der Waals surface area contributed by atoms with Gasteiger partial charge in [0, 0.05) is 12.7 Å². The van der Waals surface area contributed by atoms with Gasteiger partial charge in [-0.2, -0.15) is 0 Å². The van der Waals surface area contributed by atoms with E-state index in [0.29, 0.717) is 6.54 Å². The summed E-state index contributed by atoms with van der Waals surface area (Å²) in [7, 11) is -3.43. The van der Waals surface area contributed by atoms with Crippen molar-refractivity contribution in [1.82, 2.24) is 15.2 Å². The molecule has 78 valence electrons. The Bertz CT molecular complexity index is 373. The van der Waals surface area contributed by atoms with E-state index in [9.17, 15) is 13.2 Å². The predicted octanol–water partition coefficient (Wildman–Crippen LogP) is -0.982. The quantitative estimate of drug-likeness (QED) is 0.583. The molecular weight excluding hydrogens is 208 g/mol. The highest BCUT2D eigenvalue weighted by molar-refractivity contribution is 7.88. The van der Waals surface area contributed by atoms with E-state index in [-0.39, 0.29) is 0 Å². The lowest BCUT2D eigenvalue weighted by atomic mass is 10.5. The number of hydrogen-bond acceptors (Lipinski definition) is 4. The highest BCUT2D eigenvalue weighted by atomic mass is 32.2. The molecule has 2 amide bonds. The number of hydrazine groups is 1. The normalized spacial score (nSPS) is 15.6. The van der Waals surface area contributed by atoms with Gasteiger partial charge in [0.05, 0.1) is 12.6 Å². The number of carbonyl (C=O) groups is 1. The summed E-state index contributed by atoms with van der Waals surface area (Å²) in [6.07, 6.45) is 5.46. The second kappa shape index (κ2) is 4.20. The van der Waals surface area contributed by atoms with E-state index in [0.717, 1.165) is 6.26 Å². The van der Waals surface area contributed by atoms with Crippen LogP contribution in [0.3, 0.4) is 0 Å².